The topological polar surface area (TPSA) is 100 Å². The molecule has 0 aliphatic heterocycles. The van der Waals surface area contributed by atoms with Gasteiger partial charge in [-0.1, -0.05) is 18.2 Å². The molecule has 8 heteroatoms. The van der Waals surface area contributed by atoms with Crippen molar-refractivity contribution >= 4 is 38.2 Å². The largest absolute Gasteiger partial charge is 0.495 e. The van der Waals surface area contributed by atoms with Crippen LogP contribution in [-0.4, -0.2) is 26.4 Å². The van der Waals surface area contributed by atoms with E-state index in [1.165, 1.54) is 31.4 Å². The Morgan fingerprint density at radius 3 is 2.40 bits per heavy atom. The van der Waals surface area contributed by atoms with Crippen LogP contribution in [0.5, 0.6) is 5.75 Å². The highest BCUT2D eigenvalue weighted by atomic mass is 32.2. The Morgan fingerprint density at radius 2 is 1.63 bits per heavy atom. The Morgan fingerprint density at radius 1 is 0.900 bits per heavy atom. The Bertz CT molecular complexity index is 1310. The highest BCUT2D eigenvalue weighted by Gasteiger charge is 2.17. The molecule has 7 nitrogen and oxygen atoms in total. The quantitative estimate of drug-likeness (QED) is 0.434. The number of aromatic nitrogens is 1. The normalized spacial score (nSPS) is 11.2. The molecular formula is C22H19N3O4S. The van der Waals surface area contributed by atoms with Gasteiger partial charge in [0.2, 0.25) is 0 Å². The van der Waals surface area contributed by atoms with Gasteiger partial charge in [-0.05, 0) is 54.6 Å². The summed E-state index contributed by atoms with van der Waals surface area (Å²) in [6.45, 7) is 0. The molecule has 3 N–H and O–H groups in total. The Hall–Kier alpha value is -3.78. The number of sulfonamides is 1. The van der Waals surface area contributed by atoms with Gasteiger partial charge in [-0.15, -0.1) is 0 Å². The van der Waals surface area contributed by atoms with E-state index in [-0.39, 0.29) is 10.8 Å². The zero-order chi connectivity index (χ0) is 21.1. The zero-order valence-electron chi connectivity index (χ0n) is 16.0. The van der Waals surface area contributed by atoms with Crippen LogP contribution >= 0.6 is 0 Å². The first-order chi connectivity index (χ1) is 14.5. The molecule has 0 aliphatic carbocycles. The van der Waals surface area contributed by atoms with Crippen LogP contribution in [0.4, 0.5) is 11.4 Å². The second kappa shape index (κ2) is 7.92. The summed E-state index contributed by atoms with van der Waals surface area (Å²) in [6, 6.07) is 19.9. The van der Waals surface area contributed by atoms with Gasteiger partial charge >= 0.3 is 0 Å². The summed E-state index contributed by atoms with van der Waals surface area (Å²) in [5, 5.41) is 3.75. The molecule has 0 aliphatic rings. The van der Waals surface area contributed by atoms with Gasteiger partial charge in [0.25, 0.3) is 15.9 Å². The highest BCUT2D eigenvalue weighted by Crippen LogP contribution is 2.26. The third-order valence-electron chi connectivity index (χ3n) is 4.62. The number of carbonyl (C=O) groups is 1. The smallest absolute Gasteiger partial charge is 0.262 e. The Balaban J connectivity index is 1.53. The van der Waals surface area contributed by atoms with Crippen LogP contribution in [-0.2, 0) is 10.0 Å². The van der Waals surface area contributed by atoms with Gasteiger partial charge in [0.15, 0.2) is 0 Å². The highest BCUT2D eigenvalue weighted by molar-refractivity contribution is 7.92. The molecule has 152 valence electrons. The lowest BCUT2D eigenvalue weighted by Gasteiger charge is -2.12. The molecule has 3 aromatic carbocycles. The Labute approximate surface area is 173 Å². The van der Waals surface area contributed by atoms with Gasteiger partial charge in [0.05, 0.1) is 23.4 Å². The molecule has 0 saturated carbocycles. The first-order valence-electron chi connectivity index (χ1n) is 9.11. The number of rotatable bonds is 6. The molecule has 0 atom stereocenters. The van der Waals surface area contributed by atoms with Crippen LogP contribution < -0.4 is 14.8 Å². The maximum atomic E-state index is 12.7. The van der Waals surface area contributed by atoms with E-state index in [9.17, 15) is 13.2 Å². The van der Waals surface area contributed by atoms with Crippen LogP contribution in [0.3, 0.4) is 0 Å². The van der Waals surface area contributed by atoms with Gasteiger partial charge < -0.3 is 15.0 Å². The number of hydrogen-bond donors (Lipinski definition) is 3. The lowest BCUT2D eigenvalue weighted by molar-refractivity contribution is 0.102. The fraction of sp³-hybridized carbons (Fsp3) is 0.0455. The van der Waals surface area contributed by atoms with Crippen molar-refractivity contribution in [1.29, 1.82) is 0 Å². The third-order valence-corrected chi connectivity index (χ3v) is 6.00. The van der Waals surface area contributed by atoms with Crippen molar-refractivity contribution in [3.05, 3.63) is 84.6 Å². The number of benzene rings is 3. The summed E-state index contributed by atoms with van der Waals surface area (Å²) in [4.78, 5) is 15.7. The van der Waals surface area contributed by atoms with Crippen LogP contribution in [0.25, 0.3) is 10.9 Å². The number of nitrogens with one attached hydrogen (secondary N) is 3. The van der Waals surface area contributed by atoms with Crippen LogP contribution in [0.15, 0.2) is 83.9 Å². The number of fused-ring (bicyclic) bond motifs is 1. The number of hydrogen-bond acceptors (Lipinski definition) is 4. The van der Waals surface area contributed by atoms with E-state index >= 15 is 0 Å². The number of methoxy groups -OCH3 is 1. The van der Waals surface area contributed by atoms with Gasteiger partial charge in [-0.3, -0.25) is 9.52 Å². The van der Waals surface area contributed by atoms with Crippen LogP contribution in [0, 0.1) is 0 Å². The molecule has 0 spiro atoms. The number of ether oxygens (including phenoxy) is 1. The molecule has 4 rings (SSSR count). The minimum absolute atomic E-state index is 0.0395. The second-order valence-electron chi connectivity index (χ2n) is 6.53. The fourth-order valence-corrected chi connectivity index (χ4v) is 4.18. The minimum Gasteiger partial charge on any atom is -0.495 e. The summed E-state index contributed by atoms with van der Waals surface area (Å²) in [5.41, 5.74) is 2.27. The molecule has 0 radical (unpaired) electrons. The summed E-state index contributed by atoms with van der Waals surface area (Å²) >= 11 is 0. The monoisotopic (exact) mass is 421 g/mol. The van der Waals surface area contributed by atoms with Crippen molar-refractivity contribution in [2.45, 2.75) is 4.90 Å². The van der Waals surface area contributed by atoms with Gasteiger partial charge in [0.1, 0.15) is 5.75 Å². The van der Waals surface area contributed by atoms with Crippen LogP contribution in [0.2, 0.25) is 0 Å². The standard InChI is InChI=1S/C22H19N3O4S/c1-29-21-8-3-2-5-20(21)25-30(27,28)16-11-9-15(10-12-16)22(26)24-19-7-4-6-18-17(19)13-14-23-18/h2-14,23,25H,1H3,(H,24,26). The first-order valence-corrected chi connectivity index (χ1v) is 10.6. The first kappa shape index (κ1) is 19.5. The number of para-hydroxylation sites is 2. The SMILES string of the molecule is COc1ccccc1NS(=O)(=O)c1ccc(C(=O)Nc2cccc3[nH]ccc23)cc1. The van der Waals surface area contributed by atoms with Gasteiger partial charge in [0, 0.05) is 22.7 Å². The molecule has 0 fully saturated rings. The van der Waals surface area contributed by atoms with Crippen molar-refractivity contribution in [2.75, 3.05) is 17.1 Å². The minimum atomic E-state index is -3.83. The van der Waals surface area contributed by atoms with Crippen molar-refractivity contribution in [1.82, 2.24) is 4.98 Å². The molecular weight excluding hydrogens is 402 g/mol. The second-order valence-corrected chi connectivity index (χ2v) is 8.21. The van der Waals surface area contributed by atoms with E-state index in [1.807, 2.05) is 24.3 Å². The summed E-state index contributed by atoms with van der Waals surface area (Å²) < 4.78 is 33.1. The molecule has 4 aromatic rings. The number of aromatic amines is 1. The van der Waals surface area contributed by atoms with Crippen molar-refractivity contribution in [3.63, 3.8) is 0 Å². The number of amides is 1. The number of H-pyrrole nitrogens is 1. The predicted molar refractivity (Wildman–Crippen MR) is 116 cm³/mol. The summed E-state index contributed by atoms with van der Waals surface area (Å²) in [7, 11) is -2.37. The fourth-order valence-electron chi connectivity index (χ4n) is 3.11. The van der Waals surface area contributed by atoms with Crippen molar-refractivity contribution in [2.24, 2.45) is 0 Å². The van der Waals surface area contributed by atoms with E-state index < -0.39 is 10.0 Å². The molecule has 0 unspecified atom stereocenters. The lowest BCUT2D eigenvalue weighted by Crippen LogP contribution is -2.15. The average molecular weight is 421 g/mol. The molecule has 0 bridgehead atoms. The van der Waals surface area contributed by atoms with E-state index in [1.54, 1.807) is 30.5 Å². The number of carbonyl (C=O) groups excluding carboxylic acids is 1. The number of anilines is 2. The molecule has 1 aromatic heterocycles. The van der Waals surface area contributed by atoms with Crippen molar-refractivity contribution in [3.8, 4) is 5.75 Å². The molecule has 1 amide bonds. The van der Waals surface area contributed by atoms with Gasteiger partial charge in [-0.2, -0.15) is 0 Å². The summed E-state index contributed by atoms with van der Waals surface area (Å²) in [5.74, 6) is 0.0846. The lowest BCUT2D eigenvalue weighted by atomic mass is 10.2. The summed E-state index contributed by atoms with van der Waals surface area (Å²) in [6.07, 6.45) is 1.80. The maximum absolute atomic E-state index is 12.7. The molecule has 0 saturated heterocycles. The third kappa shape index (κ3) is 3.85. The average Bonchev–Trinajstić information content (AvgIpc) is 3.24. The van der Waals surface area contributed by atoms with Crippen molar-refractivity contribution < 1.29 is 17.9 Å². The molecule has 1 heterocycles. The van der Waals surface area contributed by atoms with Gasteiger partial charge in [-0.25, -0.2) is 8.42 Å². The Kier molecular flexibility index (Phi) is 5.16. The van der Waals surface area contributed by atoms with Crippen LogP contribution in [0.1, 0.15) is 10.4 Å². The maximum Gasteiger partial charge on any atom is 0.262 e. The van der Waals surface area contributed by atoms with E-state index in [0.717, 1.165) is 10.9 Å². The van der Waals surface area contributed by atoms with E-state index in [0.29, 0.717) is 22.7 Å². The predicted octanol–water partition coefficient (Wildman–Crippen LogP) is 4.23. The zero-order valence-corrected chi connectivity index (χ0v) is 16.9. The molecule has 30 heavy (non-hydrogen) atoms. The van der Waals surface area contributed by atoms with E-state index in [4.69, 9.17) is 4.74 Å². The van der Waals surface area contributed by atoms with E-state index in [2.05, 4.69) is 15.0 Å².